The second-order valence-corrected chi connectivity index (χ2v) is 8.41. The maximum Gasteiger partial charge on any atom is 0.416 e. The highest BCUT2D eigenvalue weighted by atomic mass is 32.2. The molecular weight excluding hydrogens is 383 g/mol. The van der Waals surface area contributed by atoms with Gasteiger partial charge in [0.1, 0.15) is 0 Å². The Morgan fingerprint density at radius 2 is 2.00 bits per heavy atom. The summed E-state index contributed by atoms with van der Waals surface area (Å²) >= 11 is 0. The fourth-order valence-electron chi connectivity index (χ4n) is 2.89. The molecule has 0 radical (unpaired) electrons. The van der Waals surface area contributed by atoms with Crippen molar-refractivity contribution in [2.75, 3.05) is 13.1 Å². The van der Waals surface area contributed by atoms with E-state index in [1.807, 2.05) is 6.07 Å². The first-order valence-electron chi connectivity index (χ1n) is 8.40. The Bertz CT molecular complexity index is 826. The molecule has 0 spiro atoms. The van der Waals surface area contributed by atoms with Crippen LogP contribution in [0.2, 0.25) is 0 Å². The van der Waals surface area contributed by atoms with E-state index in [0.29, 0.717) is 6.07 Å². The number of amides is 1. The van der Waals surface area contributed by atoms with Crippen LogP contribution in [0.5, 0.6) is 0 Å². The Hall–Kier alpha value is -2.12. The molecule has 0 aliphatic carbocycles. The van der Waals surface area contributed by atoms with E-state index in [9.17, 15) is 26.4 Å². The lowest BCUT2D eigenvalue weighted by Gasteiger charge is -2.31. The van der Waals surface area contributed by atoms with Crippen molar-refractivity contribution in [3.63, 3.8) is 0 Å². The van der Waals surface area contributed by atoms with Gasteiger partial charge in [-0.3, -0.25) is 4.79 Å². The molecule has 10 heteroatoms. The molecule has 0 saturated carbocycles. The number of nitrogens with zero attached hydrogens (tertiary/aromatic N) is 2. The molecule has 1 aliphatic heterocycles. The van der Waals surface area contributed by atoms with Crippen molar-refractivity contribution in [3.05, 3.63) is 29.8 Å². The van der Waals surface area contributed by atoms with Crippen molar-refractivity contribution in [1.82, 2.24) is 9.62 Å². The van der Waals surface area contributed by atoms with Crippen LogP contribution < -0.4 is 5.32 Å². The Balaban J connectivity index is 2.05. The van der Waals surface area contributed by atoms with E-state index in [-0.39, 0.29) is 50.2 Å². The summed E-state index contributed by atoms with van der Waals surface area (Å²) in [5.74, 6) is -0.632. The van der Waals surface area contributed by atoms with Crippen molar-refractivity contribution >= 4 is 15.9 Å². The summed E-state index contributed by atoms with van der Waals surface area (Å²) in [6, 6.07) is 5.29. The third-order valence-corrected chi connectivity index (χ3v) is 6.30. The van der Waals surface area contributed by atoms with Gasteiger partial charge in [-0.1, -0.05) is 6.07 Å². The smallest absolute Gasteiger partial charge is 0.352 e. The second kappa shape index (κ2) is 8.27. The summed E-state index contributed by atoms with van der Waals surface area (Å²) in [5.41, 5.74) is -1.02. The number of carbonyl (C=O) groups excluding carboxylic acids is 1. The van der Waals surface area contributed by atoms with Gasteiger partial charge in [0, 0.05) is 25.0 Å². The average Bonchev–Trinajstić information content (AvgIpc) is 2.61. The van der Waals surface area contributed by atoms with E-state index in [0.717, 1.165) is 22.5 Å². The van der Waals surface area contributed by atoms with E-state index in [4.69, 9.17) is 5.26 Å². The molecule has 1 heterocycles. The number of halogens is 3. The minimum Gasteiger partial charge on any atom is -0.352 e. The number of hydrogen-bond donors (Lipinski definition) is 1. The van der Waals surface area contributed by atoms with Crippen LogP contribution in [0, 0.1) is 17.2 Å². The van der Waals surface area contributed by atoms with Gasteiger partial charge in [0.15, 0.2) is 0 Å². The third kappa shape index (κ3) is 5.20. The average molecular weight is 403 g/mol. The summed E-state index contributed by atoms with van der Waals surface area (Å²) in [4.78, 5) is 11.7. The van der Waals surface area contributed by atoms with Gasteiger partial charge < -0.3 is 5.32 Å². The van der Waals surface area contributed by atoms with Crippen LogP contribution in [0.25, 0.3) is 0 Å². The number of sulfonamides is 1. The maximum absolute atomic E-state index is 12.8. The number of nitriles is 1. The van der Waals surface area contributed by atoms with Gasteiger partial charge in [-0.15, -0.1) is 0 Å². The molecule has 1 aromatic rings. The van der Waals surface area contributed by atoms with Crippen molar-refractivity contribution in [2.45, 2.75) is 43.3 Å². The predicted octanol–water partition coefficient (Wildman–Crippen LogP) is 2.52. The number of benzene rings is 1. The molecule has 1 aliphatic rings. The first-order chi connectivity index (χ1) is 12.6. The van der Waals surface area contributed by atoms with E-state index < -0.39 is 26.7 Å². The number of carbonyl (C=O) groups is 1. The maximum atomic E-state index is 12.8. The minimum absolute atomic E-state index is 0.0449. The zero-order chi connectivity index (χ0) is 20.2. The number of piperidine rings is 1. The summed E-state index contributed by atoms with van der Waals surface area (Å²) < 4.78 is 64.8. The normalized spacial score (nSPS) is 17.9. The summed E-state index contributed by atoms with van der Waals surface area (Å²) in [7, 11) is -4.07. The number of alkyl halides is 3. The van der Waals surface area contributed by atoms with E-state index >= 15 is 0 Å². The fourth-order valence-corrected chi connectivity index (χ4v) is 4.41. The monoisotopic (exact) mass is 403 g/mol. The molecule has 1 fully saturated rings. The van der Waals surface area contributed by atoms with Gasteiger partial charge >= 0.3 is 6.18 Å². The van der Waals surface area contributed by atoms with E-state index in [1.165, 1.54) is 0 Å². The first-order valence-corrected chi connectivity index (χ1v) is 9.84. The molecule has 1 N–H and O–H groups in total. The van der Waals surface area contributed by atoms with Gasteiger partial charge in [0.05, 0.1) is 22.9 Å². The van der Waals surface area contributed by atoms with Gasteiger partial charge in [0.25, 0.3) is 0 Å². The summed E-state index contributed by atoms with van der Waals surface area (Å²) in [6.45, 7) is 1.79. The van der Waals surface area contributed by atoms with Crippen molar-refractivity contribution in [1.29, 1.82) is 5.26 Å². The van der Waals surface area contributed by atoms with Gasteiger partial charge in [-0.2, -0.15) is 22.7 Å². The number of nitrogens with one attached hydrogen (secondary N) is 1. The van der Waals surface area contributed by atoms with Crippen molar-refractivity contribution in [2.24, 2.45) is 5.92 Å². The van der Waals surface area contributed by atoms with E-state index in [2.05, 4.69) is 5.32 Å². The lowest BCUT2D eigenvalue weighted by molar-refractivity contribution is -0.137. The van der Waals surface area contributed by atoms with Gasteiger partial charge in [-0.25, -0.2) is 8.42 Å². The Morgan fingerprint density at radius 3 is 2.56 bits per heavy atom. The van der Waals surface area contributed by atoms with Crippen LogP contribution in [0.3, 0.4) is 0 Å². The topological polar surface area (TPSA) is 90.3 Å². The highest BCUT2D eigenvalue weighted by molar-refractivity contribution is 7.89. The molecule has 0 aromatic heterocycles. The molecule has 148 valence electrons. The minimum atomic E-state index is -4.63. The van der Waals surface area contributed by atoms with Crippen molar-refractivity contribution in [3.8, 4) is 6.07 Å². The molecule has 1 atom stereocenters. The third-order valence-electron chi connectivity index (χ3n) is 4.41. The zero-order valence-corrected chi connectivity index (χ0v) is 15.5. The zero-order valence-electron chi connectivity index (χ0n) is 14.7. The van der Waals surface area contributed by atoms with Gasteiger partial charge in [0.2, 0.25) is 15.9 Å². The number of hydrogen-bond acceptors (Lipinski definition) is 4. The largest absolute Gasteiger partial charge is 0.416 e. The highest BCUT2D eigenvalue weighted by Gasteiger charge is 2.35. The molecule has 1 aromatic carbocycles. The lowest BCUT2D eigenvalue weighted by atomic mass is 9.97. The van der Waals surface area contributed by atoms with Crippen molar-refractivity contribution < 1.29 is 26.4 Å². The molecular formula is C17H20F3N3O3S. The van der Waals surface area contributed by atoms with E-state index in [1.54, 1.807) is 6.92 Å². The molecule has 1 amide bonds. The SMILES string of the molecule is C[C@H](CC#N)NC(=O)C1CCN(S(=O)(=O)c2cccc(C(F)(F)F)c2)CC1. The summed E-state index contributed by atoms with van der Waals surface area (Å²) in [5, 5.41) is 11.3. The molecule has 0 bridgehead atoms. The Morgan fingerprint density at radius 1 is 1.37 bits per heavy atom. The highest BCUT2D eigenvalue weighted by Crippen LogP contribution is 2.32. The van der Waals surface area contributed by atoms with Crippen LogP contribution in [0.15, 0.2) is 29.2 Å². The Labute approximate surface area is 156 Å². The molecule has 27 heavy (non-hydrogen) atoms. The Kier molecular flexibility index (Phi) is 6.49. The predicted molar refractivity (Wildman–Crippen MR) is 90.8 cm³/mol. The summed E-state index contributed by atoms with van der Waals surface area (Å²) in [6.07, 6.45) is -3.92. The van der Waals surface area contributed by atoms with Crippen LogP contribution >= 0.6 is 0 Å². The quantitative estimate of drug-likeness (QED) is 0.818. The standard InChI is InChI=1S/C17H20F3N3O3S/c1-12(5-8-21)22-16(24)13-6-9-23(10-7-13)27(25,26)15-4-2-3-14(11-15)17(18,19)20/h2-4,11-13H,5-7,9-10H2,1H3,(H,22,24)/t12-/m1/s1. The first kappa shape index (κ1) is 21.2. The molecule has 2 rings (SSSR count). The second-order valence-electron chi connectivity index (χ2n) is 6.48. The molecule has 6 nitrogen and oxygen atoms in total. The number of rotatable bonds is 5. The van der Waals surface area contributed by atoms with Gasteiger partial charge in [-0.05, 0) is 38.0 Å². The molecule has 0 unspecified atom stereocenters. The fraction of sp³-hybridized carbons (Fsp3) is 0.529. The molecule has 1 saturated heterocycles. The van der Waals surface area contributed by atoms with Crippen LogP contribution in [-0.4, -0.2) is 37.8 Å². The lowest BCUT2D eigenvalue weighted by Crippen LogP contribution is -2.44. The van der Waals surface area contributed by atoms with Crippen LogP contribution in [0.4, 0.5) is 13.2 Å². The van der Waals surface area contributed by atoms with Crippen LogP contribution in [0.1, 0.15) is 31.7 Å². The van der Waals surface area contributed by atoms with Crippen LogP contribution in [-0.2, 0) is 21.0 Å².